The summed E-state index contributed by atoms with van der Waals surface area (Å²) in [5.74, 6) is 0.0533. The predicted molar refractivity (Wildman–Crippen MR) is 120 cm³/mol. The number of rotatable bonds is 8. The van der Waals surface area contributed by atoms with Crippen LogP contribution in [0.5, 0.6) is 5.75 Å². The molecule has 0 N–H and O–H groups in total. The molecule has 1 fully saturated rings. The summed E-state index contributed by atoms with van der Waals surface area (Å²) in [6, 6.07) is 5.45. The first-order chi connectivity index (χ1) is 15.7. The van der Waals surface area contributed by atoms with Crippen LogP contribution in [0.1, 0.15) is 16.8 Å². The van der Waals surface area contributed by atoms with Crippen molar-refractivity contribution in [3.05, 3.63) is 60.8 Å². The minimum atomic E-state index is -0.653. The quantitative estimate of drug-likeness (QED) is 0.237. The standard InChI is InChI=1S/C21H27N5O7/c1-22-18(14-19(27)23(2)21(22)29)25-10-8-24(9-11-25)7-4-12-33-17-6-5-15(20(28)32-3)13-16(17)26(30)31/h5-6,13-14H,4,7-12H2,1-3H3. The molecule has 178 valence electrons. The number of anilines is 1. The van der Waals surface area contributed by atoms with Gasteiger partial charge in [-0.15, -0.1) is 0 Å². The number of ether oxygens (including phenoxy) is 2. The highest BCUT2D eigenvalue weighted by Crippen LogP contribution is 2.28. The number of benzene rings is 1. The largest absolute Gasteiger partial charge is 0.487 e. The number of hydrogen-bond acceptors (Lipinski definition) is 9. The molecule has 1 aliphatic rings. The Bertz CT molecular complexity index is 1150. The third-order valence-electron chi connectivity index (χ3n) is 5.65. The Balaban J connectivity index is 1.51. The zero-order valence-corrected chi connectivity index (χ0v) is 18.9. The molecule has 0 bridgehead atoms. The van der Waals surface area contributed by atoms with Gasteiger partial charge in [-0.2, -0.15) is 0 Å². The molecule has 2 aromatic rings. The lowest BCUT2D eigenvalue weighted by Crippen LogP contribution is -2.49. The molecule has 12 heteroatoms. The van der Waals surface area contributed by atoms with Crippen molar-refractivity contribution in [1.29, 1.82) is 0 Å². The molecule has 12 nitrogen and oxygen atoms in total. The van der Waals surface area contributed by atoms with Gasteiger partial charge in [-0.3, -0.25) is 28.9 Å². The highest BCUT2D eigenvalue weighted by atomic mass is 16.6. The molecule has 1 aromatic heterocycles. The molecule has 0 unspecified atom stereocenters. The third kappa shape index (κ3) is 5.40. The first-order valence-corrected chi connectivity index (χ1v) is 10.5. The Kier molecular flexibility index (Phi) is 7.48. The van der Waals surface area contributed by atoms with Gasteiger partial charge < -0.3 is 14.4 Å². The maximum absolute atomic E-state index is 12.2. The monoisotopic (exact) mass is 461 g/mol. The van der Waals surface area contributed by atoms with Crippen LogP contribution in [0.15, 0.2) is 33.9 Å². The van der Waals surface area contributed by atoms with E-state index in [2.05, 4.69) is 9.64 Å². The summed E-state index contributed by atoms with van der Waals surface area (Å²) in [6.07, 6.45) is 0.653. The summed E-state index contributed by atoms with van der Waals surface area (Å²) in [7, 11) is 4.31. The van der Waals surface area contributed by atoms with Crippen molar-refractivity contribution < 1.29 is 19.2 Å². The van der Waals surface area contributed by atoms with Crippen molar-refractivity contribution in [3.8, 4) is 5.75 Å². The van der Waals surface area contributed by atoms with Gasteiger partial charge in [0.15, 0.2) is 5.75 Å². The van der Waals surface area contributed by atoms with Crippen molar-refractivity contribution in [2.45, 2.75) is 6.42 Å². The van der Waals surface area contributed by atoms with E-state index in [0.29, 0.717) is 25.3 Å². The van der Waals surface area contributed by atoms with Crippen LogP contribution < -0.4 is 20.9 Å². The van der Waals surface area contributed by atoms with Gasteiger partial charge in [-0.05, 0) is 18.6 Å². The molecule has 1 aliphatic heterocycles. The van der Waals surface area contributed by atoms with E-state index in [0.717, 1.165) is 30.3 Å². The first kappa shape index (κ1) is 24.0. The summed E-state index contributed by atoms with van der Waals surface area (Å²) in [5.41, 5.74) is -0.887. The molecule has 0 saturated carbocycles. The maximum atomic E-state index is 12.2. The number of carbonyl (C=O) groups excluding carboxylic acids is 1. The van der Waals surface area contributed by atoms with Gasteiger partial charge >= 0.3 is 17.3 Å². The SMILES string of the molecule is COC(=O)c1ccc(OCCCN2CCN(c3cc(=O)n(C)c(=O)n3C)CC2)c([N+](=O)[O-])c1. The van der Waals surface area contributed by atoms with Crippen molar-refractivity contribution >= 4 is 17.5 Å². The van der Waals surface area contributed by atoms with Crippen molar-refractivity contribution in [1.82, 2.24) is 14.0 Å². The minimum absolute atomic E-state index is 0.0863. The predicted octanol–water partition coefficient (Wildman–Crippen LogP) is 0.370. The Morgan fingerprint density at radius 3 is 2.42 bits per heavy atom. The fourth-order valence-electron chi connectivity index (χ4n) is 3.72. The first-order valence-electron chi connectivity index (χ1n) is 10.5. The Hall–Kier alpha value is -3.67. The van der Waals surface area contributed by atoms with Gasteiger partial charge in [0.2, 0.25) is 0 Å². The number of piperazine rings is 1. The summed E-state index contributed by atoms with van der Waals surface area (Å²) in [6.45, 7) is 3.84. The zero-order valence-electron chi connectivity index (χ0n) is 18.9. The number of esters is 1. The third-order valence-corrected chi connectivity index (χ3v) is 5.65. The van der Waals surface area contributed by atoms with Gasteiger partial charge in [0.05, 0.1) is 24.2 Å². The number of carbonyl (C=O) groups is 1. The van der Waals surface area contributed by atoms with E-state index in [9.17, 15) is 24.5 Å². The maximum Gasteiger partial charge on any atom is 0.338 e. The fraction of sp³-hybridized carbons (Fsp3) is 0.476. The van der Waals surface area contributed by atoms with Gasteiger partial charge in [0.25, 0.3) is 5.56 Å². The lowest BCUT2D eigenvalue weighted by atomic mass is 10.2. The molecular weight excluding hydrogens is 434 g/mol. The van der Waals surface area contributed by atoms with E-state index in [1.54, 1.807) is 7.05 Å². The lowest BCUT2D eigenvalue weighted by molar-refractivity contribution is -0.385. The number of nitro benzene ring substituents is 1. The van der Waals surface area contributed by atoms with Crippen molar-refractivity contribution in [2.24, 2.45) is 14.1 Å². The average Bonchev–Trinajstić information content (AvgIpc) is 2.82. The molecule has 2 heterocycles. The van der Waals surface area contributed by atoms with Crippen LogP contribution in [-0.2, 0) is 18.8 Å². The minimum Gasteiger partial charge on any atom is -0.487 e. The van der Waals surface area contributed by atoms with E-state index in [1.807, 2.05) is 4.90 Å². The summed E-state index contributed by atoms with van der Waals surface area (Å²) < 4.78 is 12.7. The fourth-order valence-corrected chi connectivity index (χ4v) is 3.72. The molecule has 0 aliphatic carbocycles. The Morgan fingerprint density at radius 2 is 1.79 bits per heavy atom. The second-order valence-electron chi connectivity index (χ2n) is 7.70. The smallest absolute Gasteiger partial charge is 0.338 e. The van der Waals surface area contributed by atoms with Crippen molar-refractivity contribution in [3.63, 3.8) is 0 Å². The Labute approximate surface area is 189 Å². The second-order valence-corrected chi connectivity index (χ2v) is 7.70. The highest BCUT2D eigenvalue weighted by Gasteiger charge is 2.21. The van der Waals surface area contributed by atoms with Crippen LogP contribution >= 0.6 is 0 Å². The molecule has 0 amide bonds. The molecular formula is C21H27N5O7. The van der Waals surface area contributed by atoms with Gasteiger partial charge in [-0.25, -0.2) is 9.59 Å². The van der Waals surface area contributed by atoms with Crippen LogP contribution in [-0.4, -0.2) is 71.4 Å². The van der Waals surface area contributed by atoms with Crippen LogP contribution in [0.3, 0.4) is 0 Å². The molecule has 0 spiro atoms. The van der Waals surface area contributed by atoms with E-state index >= 15 is 0 Å². The summed E-state index contributed by atoms with van der Waals surface area (Å²) >= 11 is 0. The average molecular weight is 461 g/mol. The molecule has 33 heavy (non-hydrogen) atoms. The van der Waals surface area contributed by atoms with Crippen LogP contribution in [0.4, 0.5) is 11.5 Å². The van der Waals surface area contributed by atoms with Gasteiger partial charge in [0.1, 0.15) is 5.82 Å². The number of aromatic nitrogens is 2. The highest BCUT2D eigenvalue weighted by molar-refractivity contribution is 5.90. The number of hydrogen-bond donors (Lipinski definition) is 0. The number of nitrogens with zero attached hydrogens (tertiary/aromatic N) is 5. The topological polar surface area (TPSA) is 129 Å². The second kappa shape index (κ2) is 10.3. The number of nitro groups is 1. The van der Waals surface area contributed by atoms with Crippen LogP contribution in [0, 0.1) is 10.1 Å². The summed E-state index contributed by atoms with van der Waals surface area (Å²) in [4.78, 5) is 50.7. The summed E-state index contributed by atoms with van der Waals surface area (Å²) in [5, 5.41) is 11.3. The van der Waals surface area contributed by atoms with Crippen molar-refractivity contribution in [2.75, 3.05) is 51.3 Å². The molecule has 1 saturated heterocycles. The molecule has 3 rings (SSSR count). The molecule has 1 aromatic carbocycles. The Morgan fingerprint density at radius 1 is 1.09 bits per heavy atom. The lowest BCUT2D eigenvalue weighted by Gasteiger charge is -2.36. The van der Waals surface area contributed by atoms with E-state index in [1.165, 1.54) is 36.9 Å². The molecule has 0 atom stereocenters. The van der Waals surface area contributed by atoms with E-state index in [-0.39, 0.29) is 34.9 Å². The van der Waals surface area contributed by atoms with E-state index < -0.39 is 10.9 Å². The molecule has 0 radical (unpaired) electrons. The normalized spacial score (nSPS) is 14.2. The van der Waals surface area contributed by atoms with E-state index in [4.69, 9.17) is 4.74 Å². The van der Waals surface area contributed by atoms with Gasteiger partial charge in [0, 0.05) is 59.0 Å². The zero-order chi connectivity index (χ0) is 24.1. The number of methoxy groups -OCH3 is 1. The van der Waals surface area contributed by atoms with Crippen LogP contribution in [0.2, 0.25) is 0 Å². The van der Waals surface area contributed by atoms with Gasteiger partial charge in [-0.1, -0.05) is 0 Å². The van der Waals surface area contributed by atoms with Crippen LogP contribution in [0.25, 0.3) is 0 Å².